The van der Waals surface area contributed by atoms with Crippen molar-refractivity contribution < 1.29 is 5.11 Å². The van der Waals surface area contributed by atoms with Gasteiger partial charge in [-0.25, -0.2) is 4.98 Å². The van der Waals surface area contributed by atoms with Crippen molar-refractivity contribution in [1.29, 1.82) is 0 Å². The minimum atomic E-state index is -0.390. The Morgan fingerprint density at radius 3 is 2.60 bits per heavy atom. The maximum absolute atomic E-state index is 9.10. The third-order valence-corrected chi connectivity index (χ3v) is 1.77. The third-order valence-electron chi connectivity index (χ3n) is 1.77. The first kappa shape index (κ1) is 11.7. The Bertz CT molecular complexity index is 291. The maximum atomic E-state index is 9.10. The highest BCUT2D eigenvalue weighted by Crippen LogP contribution is 2.06. The average molecular weight is 210 g/mol. The average Bonchev–Trinajstić information content (AvgIpc) is 2.24. The molecule has 0 spiro atoms. The van der Waals surface area contributed by atoms with E-state index >= 15 is 0 Å². The van der Waals surface area contributed by atoms with Crippen molar-refractivity contribution >= 4 is 11.6 Å². The third kappa shape index (κ3) is 4.60. The van der Waals surface area contributed by atoms with Gasteiger partial charge in [-0.3, -0.25) is 4.98 Å². The second kappa shape index (κ2) is 6.19. The lowest BCUT2D eigenvalue weighted by Gasteiger charge is -2.09. The molecule has 1 heterocycles. The highest BCUT2D eigenvalue weighted by molar-refractivity contribution is 5.41. The highest BCUT2D eigenvalue weighted by Gasteiger charge is 1.99. The molecule has 0 saturated heterocycles. The first-order valence-corrected chi connectivity index (χ1v) is 5.20. The van der Waals surface area contributed by atoms with Crippen molar-refractivity contribution in [3.8, 4) is 0 Å². The second-order valence-corrected chi connectivity index (χ2v) is 3.45. The van der Waals surface area contributed by atoms with Crippen LogP contribution in [0.3, 0.4) is 0 Å². The van der Waals surface area contributed by atoms with E-state index in [1.165, 1.54) is 0 Å². The van der Waals surface area contributed by atoms with E-state index in [9.17, 15) is 0 Å². The zero-order chi connectivity index (χ0) is 11.1. The topological polar surface area (TPSA) is 70.1 Å². The molecule has 0 aromatic carbocycles. The molecule has 5 heteroatoms. The number of aromatic nitrogens is 2. The highest BCUT2D eigenvalue weighted by atomic mass is 16.3. The molecule has 0 aliphatic carbocycles. The molecule has 3 N–H and O–H groups in total. The molecule has 0 radical (unpaired) electrons. The van der Waals surface area contributed by atoms with Crippen LogP contribution in [0.2, 0.25) is 0 Å². The Morgan fingerprint density at radius 1 is 1.33 bits per heavy atom. The van der Waals surface area contributed by atoms with E-state index in [4.69, 9.17) is 5.11 Å². The van der Waals surface area contributed by atoms with Gasteiger partial charge in [0.1, 0.15) is 11.6 Å². The van der Waals surface area contributed by atoms with Crippen molar-refractivity contribution in [1.82, 2.24) is 9.97 Å². The Morgan fingerprint density at radius 2 is 2.00 bits per heavy atom. The maximum Gasteiger partial charge on any atom is 0.147 e. The normalized spacial score (nSPS) is 12.2. The lowest BCUT2D eigenvalue weighted by molar-refractivity contribution is 0.208. The van der Waals surface area contributed by atoms with E-state index in [1.54, 1.807) is 19.3 Å². The Kier molecular flexibility index (Phi) is 4.83. The summed E-state index contributed by atoms with van der Waals surface area (Å²) >= 11 is 0. The van der Waals surface area contributed by atoms with Crippen LogP contribution < -0.4 is 10.6 Å². The molecule has 1 aromatic rings. The molecule has 5 nitrogen and oxygen atoms in total. The van der Waals surface area contributed by atoms with Crippen LogP contribution in [0.5, 0.6) is 0 Å². The molecule has 15 heavy (non-hydrogen) atoms. The lowest BCUT2D eigenvalue weighted by atomic mass is 10.4. The van der Waals surface area contributed by atoms with Crippen molar-refractivity contribution in [3.63, 3.8) is 0 Å². The van der Waals surface area contributed by atoms with Crippen LogP contribution in [0.4, 0.5) is 11.6 Å². The predicted octanol–water partition coefficient (Wildman–Crippen LogP) is 1.09. The largest absolute Gasteiger partial charge is 0.392 e. The monoisotopic (exact) mass is 210 g/mol. The Labute approximate surface area is 90.0 Å². The summed E-state index contributed by atoms with van der Waals surface area (Å²) in [5, 5.41) is 15.2. The SMILES string of the molecule is CCCNc1cncc(NCC(C)O)n1. The van der Waals surface area contributed by atoms with Crippen LogP contribution >= 0.6 is 0 Å². The quantitative estimate of drug-likeness (QED) is 0.655. The molecule has 0 saturated carbocycles. The van der Waals surface area contributed by atoms with Gasteiger partial charge >= 0.3 is 0 Å². The summed E-state index contributed by atoms with van der Waals surface area (Å²) in [6.07, 6.45) is 3.98. The molecule has 84 valence electrons. The van der Waals surface area contributed by atoms with Crippen LogP contribution in [-0.2, 0) is 0 Å². The fourth-order valence-corrected chi connectivity index (χ4v) is 1.04. The van der Waals surface area contributed by atoms with Gasteiger partial charge in [-0.05, 0) is 13.3 Å². The standard InChI is InChI=1S/C10H18N4O/c1-3-4-12-9-6-11-7-10(14-9)13-5-8(2)15/h6-8,15H,3-5H2,1-2H3,(H2,12,13,14). The van der Waals surface area contributed by atoms with Gasteiger partial charge in [0.15, 0.2) is 0 Å². The lowest BCUT2D eigenvalue weighted by Crippen LogP contribution is -2.16. The van der Waals surface area contributed by atoms with Crippen molar-refractivity contribution in [2.75, 3.05) is 23.7 Å². The number of hydrogen-bond donors (Lipinski definition) is 3. The van der Waals surface area contributed by atoms with Crippen molar-refractivity contribution in [2.24, 2.45) is 0 Å². The fourth-order valence-electron chi connectivity index (χ4n) is 1.04. The van der Waals surface area contributed by atoms with Gasteiger partial charge in [-0.15, -0.1) is 0 Å². The van der Waals surface area contributed by atoms with Gasteiger partial charge in [0.05, 0.1) is 18.5 Å². The molecule has 0 aliphatic heterocycles. The Hall–Kier alpha value is -1.36. The minimum Gasteiger partial charge on any atom is -0.392 e. The van der Waals surface area contributed by atoms with Crippen molar-refractivity contribution in [3.05, 3.63) is 12.4 Å². The molecular formula is C10H18N4O. The van der Waals surface area contributed by atoms with Gasteiger partial charge < -0.3 is 15.7 Å². The van der Waals surface area contributed by atoms with Crippen LogP contribution in [0.15, 0.2) is 12.4 Å². The van der Waals surface area contributed by atoms with Gasteiger partial charge in [0, 0.05) is 13.1 Å². The summed E-state index contributed by atoms with van der Waals surface area (Å²) in [6, 6.07) is 0. The smallest absolute Gasteiger partial charge is 0.147 e. The summed E-state index contributed by atoms with van der Waals surface area (Å²) < 4.78 is 0. The van der Waals surface area contributed by atoms with E-state index in [-0.39, 0.29) is 6.10 Å². The van der Waals surface area contributed by atoms with Gasteiger partial charge in [-0.2, -0.15) is 0 Å². The molecule has 1 atom stereocenters. The summed E-state index contributed by atoms with van der Waals surface area (Å²) in [6.45, 7) is 5.18. The Balaban J connectivity index is 2.50. The van der Waals surface area contributed by atoms with Crippen molar-refractivity contribution in [2.45, 2.75) is 26.4 Å². The number of hydrogen-bond acceptors (Lipinski definition) is 5. The summed E-state index contributed by atoms with van der Waals surface area (Å²) in [5.41, 5.74) is 0. The number of aliphatic hydroxyl groups is 1. The van der Waals surface area contributed by atoms with Crippen LogP contribution in [0.1, 0.15) is 20.3 Å². The summed E-state index contributed by atoms with van der Waals surface area (Å²) in [4.78, 5) is 8.33. The molecule has 1 rings (SSSR count). The molecule has 0 amide bonds. The number of nitrogens with zero attached hydrogens (tertiary/aromatic N) is 2. The molecular weight excluding hydrogens is 192 g/mol. The molecule has 1 aromatic heterocycles. The first-order chi connectivity index (χ1) is 7.22. The fraction of sp³-hybridized carbons (Fsp3) is 0.600. The van der Waals surface area contributed by atoms with Gasteiger partial charge in [0.25, 0.3) is 0 Å². The van der Waals surface area contributed by atoms with Gasteiger partial charge in [-0.1, -0.05) is 6.92 Å². The predicted molar refractivity (Wildman–Crippen MR) is 61.0 cm³/mol. The number of aliphatic hydroxyl groups excluding tert-OH is 1. The van der Waals surface area contributed by atoms with E-state index in [0.29, 0.717) is 12.4 Å². The second-order valence-electron chi connectivity index (χ2n) is 3.45. The number of anilines is 2. The van der Waals surface area contributed by atoms with Crippen LogP contribution in [-0.4, -0.2) is 34.3 Å². The molecule has 1 unspecified atom stereocenters. The van der Waals surface area contributed by atoms with Crippen LogP contribution in [0, 0.1) is 0 Å². The number of nitrogens with one attached hydrogen (secondary N) is 2. The van der Waals surface area contributed by atoms with E-state index < -0.39 is 0 Å². The van der Waals surface area contributed by atoms with E-state index in [0.717, 1.165) is 18.8 Å². The molecule has 0 fully saturated rings. The minimum absolute atomic E-state index is 0.390. The summed E-state index contributed by atoms with van der Waals surface area (Å²) in [7, 11) is 0. The number of rotatable bonds is 6. The zero-order valence-electron chi connectivity index (χ0n) is 9.20. The first-order valence-electron chi connectivity index (χ1n) is 5.20. The molecule has 0 bridgehead atoms. The van der Waals surface area contributed by atoms with E-state index in [2.05, 4.69) is 27.5 Å². The van der Waals surface area contributed by atoms with Crippen LogP contribution in [0.25, 0.3) is 0 Å². The molecule has 0 aliphatic rings. The van der Waals surface area contributed by atoms with Gasteiger partial charge in [0.2, 0.25) is 0 Å². The zero-order valence-corrected chi connectivity index (χ0v) is 9.20. The van der Waals surface area contributed by atoms with E-state index in [1.807, 2.05) is 0 Å². The summed E-state index contributed by atoms with van der Waals surface area (Å²) in [5.74, 6) is 1.43.